The van der Waals surface area contributed by atoms with Crippen molar-refractivity contribution in [3.8, 4) is 0 Å². The van der Waals surface area contributed by atoms with Crippen LogP contribution in [-0.4, -0.2) is 34.9 Å². The number of rotatable bonds is 33. The molecule has 4 heteroatoms. The van der Waals surface area contributed by atoms with Crippen LogP contribution in [0.4, 0.5) is 0 Å². The van der Waals surface area contributed by atoms with Crippen LogP contribution in [0.1, 0.15) is 168 Å². The van der Waals surface area contributed by atoms with Gasteiger partial charge < -0.3 is 15.5 Å². The van der Waals surface area contributed by atoms with E-state index in [4.69, 9.17) is 0 Å². The molecule has 0 aromatic rings. The SMILES string of the molecule is CC/C=C\C/C=C\C/C=C\C/C=C\C/C=C\CCCC(=O)NC(CO)C(O)/C=C/CCCCCCCCCCCCCCCCC. The van der Waals surface area contributed by atoms with Crippen LogP contribution in [0.15, 0.2) is 72.9 Å². The third-order valence-corrected chi connectivity index (χ3v) is 8.20. The maximum Gasteiger partial charge on any atom is 0.220 e. The van der Waals surface area contributed by atoms with Crippen molar-refractivity contribution in [2.75, 3.05) is 6.61 Å². The molecular weight excluding hydrogens is 566 g/mol. The van der Waals surface area contributed by atoms with Gasteiger partial charge in [0.2, 0.25) is 5.91 Å². The molecule has 0 aromatic heterocycles. The first-order valence-corrected chi connectivity index (χ1v) is 19.2. The smallest absolute Gasteiger partial charge is 0.220 e. The lowest BCUT2D eigenvalue weighted by molar-refractivity contribution is -0.122. The van der Waals surface area contributed by atoms with Crippen molar-refractivity contribution in [1.82, 2.24) is 5.32 Å². The number of hydrogen-bond acceptors (Lipinski definition) is 3. The van der Waals surface area contributed by atoms with Crippen LogP contribution in [0.25, 0.3) is 0 Å². The van der Waals surface area contributed by atoms with Crippen molar-refractivity contribution in [3.05, 3.63) is 72.9 Å². The lowest BCUT2D eigenvalue weighted by Gasteiger charge is -2.19. The molecule has 0 radical (unpaired) electrons. The molecule has 4 nitrogen and oxygen atoms in total. The molecule has 0 rings (SSSR count). The van der Waals surface area contributed by atoms with Crippen LogP contribution < -0.4 is 5.32 Å². The highest BCUT2D eigenvalue weighted by molar-refractivity contribution is 5.76. The highest BCUT2D eigenvalue weighted by Crippen LogP contribution is 2.14. The Bertz CT molecular complexity index is 823. The van der Waals surface area contributed by atoms with Gasteiger partial charge in [0.25, 0.3) is 0 Å². The van der Waals surface area contributed by atoms with Crippen molar-refractivity contribution >= 4 is 5.91 Å². The maximum atomic E-state index is 12.3. The topological polar surface area (TPSA) is 69.6 Å². The zero-order valence-corrected chi connectivity index (χ0v) is 30.1. The molecule has 0 saturated heterocycles. The normalized spacial score (nSPS) is 13.9. The minimum absolute atomic E-state index is 0.124. The summed E-state index contributed by atoms with van der Waals surface area (Å²) in [6.45, 7) is 4.15. The minimum atomic E-state index is -0.865. The summed E-state index contributed by atoms with van der Waals surface area (Å²) in [6.07, 6.45) is 52.8. The lowest BCUT2D eigenvalue weighted by atomic mass is 10.0. The van der Waals surface area contributed by atoms with E-state index in [0.717, 1.165) is 57.8 Å². The molecule has 2 atom stereocenters. The van der Waals surface area contributed by atoms with Gasteiger partial charge in [-0.15, -0.1) is 0 Å². The Morgan fingerprint density at radius 2 is 0.957 bits per heavy atom. The number of allylic oxidation sites excluding steroid dienone is 11. The van der Waals surface area contributed by atoms with Crippen LogP contribution in [0.5, 0.6) is 0 Å². The molecule has 0 aliphatic carbocycles. The van der Waals surface area contributed by atoms with Gasteiger partial charge in [-0.05, 0) is 57.8 Å². The predicted molar refractivity (Wildman–Crippen MR) is 202 cm³/mol. The van der Waals surface area contributed by atoms with E-state index in [0.29, 0.717) is 6.42 Å². The number of aliphatic hydroxyl groups is 2. The average molecular weight is 640 g/mol. The summed E-state index contributed by atoms with van der Waals surface area (Å²) in [5, 5.41) is 22.9. The van der Waals surface area contributed by atoms with Gasteiger partial charge in [0.05, 0.1) is 18.8 Å². The van der Waals surface area contributed by atoms with E-state index in [-0.39, 0.29) is 12.5 Å². The van der Waals surface area contributed by atoms with Gasteiger partial charge in [-0.25, -0.2) is 0 Å². The Labute approximate surface area is 285 Å². The molecule has 0 saturated carbocycles. The molecule has 1 amide bonds. The van der Waals surface area contributed by atoms with Crippen molar-refractivity contribution in [2.24, 2.45) is 0 Å². The quantitative estimate of drug-likeness (QED) is 0.0494. The van der Waals surface area contributed by atoms with Gasteiger partial charge in [0.1, 0.15) is 0 Å². The summed E-state index contributed by atoms with van der Waals surface area (Å²) in [7, 11) is 0. The second-order valence-electron chi connectivity index (χ2n) is 12.6. The fraction of sp³-hybridized carbons (Fsp3) is 0.690. The van der Waals surface area contributed by atoms with Crippen molar-refractivity contribution in [3.63, 3.8) is 0 Å². The number of nitrogens with one attached hydrogen (secondary N) is 1. The van der Waals surface area contributed by atoms with E-state index < -0.39 is 12.1 Å². The largest absolute Gasteiger partial charge is 0.394 e. The van der Waals surface area contributed by atoms with Gasteiger partial charge in [-0.1, -0.05) is 177 Å². The zero-order valence-electron chi connectivity index (χ0n) is 30.1. The predicted octanol–water partition coefficient (Wildman–Crippen LogP) is 11.6. The summed E-state index contributed by atoms with van der Waals surface area (Å²) in [5.41, 5.74) is 0. The monoisotopic (exact) mass is 640 g/mol. The number of unbranched alkanes of at least 4 members (excludes halogenated alkanes) is 16. The summed E-state index contributed by atoms with van der Waals surface area (Å²) in [5.74, 6) is -0.124. The van der Waals surface area contributed by atoms with E-state index in [2.05, 4.69) is 79.9 Å². The Balaban J connectivity index is 3.75. The molecule has 0 heterocycles. The fourth-order valence-electron chi connectivity index (χ4n) is 5.27. The average Bonchev–Trinajstić information content (AvgIpc) is 3.06. The maximum absolute atomic E-state index is 12.3. The number of carbonyl (C=O) groups is 1. The van der Waals surface area contributed by atoms with E-state index in [1.807, 2.05) is 6.08 Å². The van der Waals surface area contributed by atoms with E-state index in [1.165, 1.54) is 89.9 Å². The molecule has 0 aliphatic rings. The standard InChI is InChI=1S/C42H73NO3/c1-3-5-7-9-11-13-15-17-19-21-23-25-27-29-31-33-35-37-41(45)40(39-44)43-42(46)38-36-34-32-30-28-26-24-22-20-18-16-14-12-10-8-6-4-2/h6,8,12,14,18,20,24,26,30,32,35,37,40-41,44-45H,3-5,7,9-11,13,15-17,19,21-23,25,27-29,31,33-34,36,38-39H2,1-2H3,(H,43,46)/b8-6-,14-12-,20-18-,26-24-,32-30-,37-35+. The first-order chi connectivity index (χ1) is 22.7. The lowest BCUT2D eigenvalue weighted by Crippen LogP contribution is -2.45. The molecule has 0 bridgehead atoms. The molecule has 3 N–H and O–H groups in total. The molecule has 264 valence electrons. The van der Waals surface area contributed by atoms with Gasteiger partial charge >= 0.3 is 0 Å². The van der Waals surface area contributed by atoms with Crippen LogP contribution in [0.3, 0.4) is 0 Å². The first kappa shape index (κ1) is 43.8. The molecule has 0 aliphatic heterocycles. The van der Waals surface area contributed by atoms with Crippen LogP contribution in [-0.2, 0) is 4.79 Å². The Morgan fingerprint density at radius 3 is 1.41 bits per heavy atom. The summed E-state index contributed by atoms with van der Waals surface area (Å²) in [6, 6.07) is -0.654. The van der Waals surface area contributed by atoms with Gasteiger partial charge in [-0.3, -0.25) is 4.79 Å². The molecule has 46 heavy (non-hydrogen) atoms. The third kappa shape index (κ3) is 33.2. The molecule has 0 spiro atoms. The van der Waals surface area contributed by atoms with Gasteiger partial charge in [-0.2, -0.15) is 0 Å². The van der Waals surface area contributed by atoms with E-state index in [1.54, 1.807) is 6.08 Å². The van der Waals surface area contributed by atoms with Crippen molar-refractivity contribution in [2.45, 2.75) is 180 Å². The Morgan fingerprint density at radius 1 is 0.543 bits per heavy atom. The number of amides is 1. The number of carbonyl (C=O) groups excluding carboxylic acids is 1. The fourth-order valence-corrected chi connectivity index (χ4v) is 5.27. The van der Waals surface area contributed by atoms with Crippen LogP contribution >= 0.6 is 0 Å². The highest BCUT2D eigenvalue weighted by atomic mass is 16.3. The molecule has 0 fully saturated rings. The number of aliphatic hydroxyl groups excluding tert-OH is 2. The van der Waals surface area contributed by atoms with Crippen molar-refractivity contribution < 1.29 is 15.0 Å². The van der Waals surface area contributed by atoms with Crippen molar-refractivity contribution in [1.29, 1.82) is 0 Å². The second-order valence-corrected chi connectivity index (χ2v) is 12.6. The van der Waals surface area contributed by atoms with Gasteiger partial charge in [0.15, 0.2) is 0 Å². The molecule has 2 unspecified atom stereocenters. The van der Waals surface area contributed by atoms with E-state index in [9.17, 15) is 15.0 Å². The van der Waals surface area contributed by atoms with E-state index >= 15 is 0 Å². The van der Waals surface area contributed by atoms with Crippen LogP contribution in [0, 0.1) is 0 Å². The molecule has 0 aromatic carbocycles. The summed E-state index contributed by atoms with van der Waals surface area (Å²) < 4.78 is 0. The van der Waals surface area contributed by atoms with Crippen LogP contribution in [0.2, 0.25) is 0 Å². The Kier molecular flexibility index (Phi) is 35.5. The highest BCUT2D eigenvalue weighted by Gasteiger charge is 2.17. The first-order valence-electron chi connectivity index (χ1n) is 19.2. The molecular formula is C42H73NO3. The summed E-state index contributed by atoms with van der Waals surface area (Å²) in [4.78, 5) is 12.3. The Hall–Kier alpha value is -2.17. The third-order valence-electron chi connectivity index (χ3n) is 8.20. The van der Waals surface area contributed by atoms with Gasteiger partial charge in [0, 0.05) is 6.42 Å². The summed E-state index contributed by atoms with van der Waals surface area (Å²) >= 11 is 0. The second kappa shape index (κ2) is 37.3. The number of hydrogen-bond donors (Lipinski definition) is 3. The minimum Gasteiger partial charge on any atom is -0.394 e. The zero-order chi connectivity index (χ0) is 33.6.